The molecule has 0 bridgehead atoms. The standard InChI is InChI=1S/C15H18N4O3S/c16-15(20)12-2-1-3-13(9-12)23(21,22)18-10-11-4-6-19-7-5-17-14(19)8-11/h1-3,5,7,9,11,18H,4,6,8,10H2,(H2,16,20)/t11-/m0/s1. The maximum absolute atomic E-state index is 12.4. The maximum Gasteiger partial charge on any atom is 0.248 e. The van der Waals surface area contributed by atoms with Gasteiger partial charge in [-0.05, 0) is 30.5 Å². The molecular weight excluding hydrogens is 316 g/mol. The van der Waals surface area contributed by atoms with Crippen LogP contribution >= 0.6 is 0 Å². The molecule has 0 fully saturated rings. The minimum absolute atomic E-state index is 0.0473. The van der Waals surface area contributed by atoms with Gasteiger partial charge in [0, 0.05) is 37.5 Å². The first-order valence-electron chi connectivity index (χ1n) is 7.35. The Kier molecular flexibility index (Phi) is 4.18. The molecule has 23 heavy (non-hydrogen) atoms. The number of nitrogens with one attached hydrogen (secondary N) is 1. The molecule has 3 rings (SSSR count). The van der Waals surface area contributed by atoms with Crippen molar-refractivity contribution in [2.45, 2.75) is 24.3 Å². The van der Waals surface area contributed by atoms with E-state index in [0.29, 0.717) is 6.54 Å². The first kappa shape index (κ1) is 15.7. The van der Waals surface area contributed by atoms with Crippen molar-refractivity contribution in [3.8, 4) is 0 Å². The van der Waals surface area contributed by atoms with E-state index in [0.717, 1.165) is 25.2 Å². The zero-order valence-corrected chi connectivity index (χ0v) is 13.3. The van der Waals surface area contributed by atoms with Gasteiger partial charge in [0.15, 0.2) is 0 Å². The molecular formula is C15H18N4O3S. The molecule has 0 unspecified atom stereocenters. The lowest BCUT2D eigenvalue weighted by molar-refractivity contribution is 0.1000. The number of hydrogen-bond acceptors (Lipinski definition) is 4. The fourth-order valence-electron chi connectivity index (χ4n) is 2.72. The lowest BCUT2D eigenvalue weighted by Gasteiger charge is -2.23. The Labute approximate surface area is 134 Å². The van der Waals surface area contributed by atoms with Crippen molar-refractivity contribution in [2.24, 2.45) is 11.7 Å². The third-order valence-corrected chi connectivity index (χ3v) is 5.46. The second-order valence-electron chi connectivity index (χ2n) is 5.64. The van der Waals surface area contributed by atoms with Gasteiger partial charge in [-0.1, -0.05) is 6.07 Å². The van der Waals surface area contributed by atoms with Crippen LogP contribution in [0.2, 0.25) is 0 Å². The fraction of sp³-hybridized carbons (Fsp3) is 0.333. The average molecular weight is 334 g/mol. The summed E-state index contributed by atoms with van der Waals surface area (Å²) in [4.78, 5) is 15.5. The summed E-state index contributed by atoms with van der Waals surface area (Å²) in [5.74, 6) is 0.538. The molecule has 1 aromatic carbocycles. The SMILES string of the molecule is NC(=O)c1cccc(S(=O)(=O)NC[C@H]2CCn3ccnc3C2)c1. The summed E-state index contributed by atoms with van der Waals surface area (Å²) in [6.45, 7) is 1.19. The number of carbonyl (C=O) groups excluding carboxylic acids is 1. The van der Waals surface area contributed by atoms with Gasteiger partial charge < -0.3 is 10.3 Å². The van der Waals surface area contributed by atoms with Crippen molar-refractivity contribution in [1.29, 1.82) is 0 Å². The average Bonchev–Trinajstić information content (AvgIpc) is 3.01. The van der Waals surface area contributed by atoms with Crippen molar-refractivity contribution < 1.29 is 13.2 Å². The number of aryl methyl sites for hydroxylation is 1. The number of imidazole rings is 1. The van der Waals surface area contributed by atoms with Crippen LogP contribution in [0.3, 0.4) is 0 Å². The van der Waals surface area contributed by atoms with Crippen LogP contribution in [0, 0.1) is 5.92 Å². The Hall–Kier alpha value is -2.19. The first-order valence-corrected chi connectivity index (χ1v) is 8.83. The van der Waals surface area contributed by atoms with Gasteiger partial charge in [0.05, 0.1) is 4.90 Å². The smallest absolute Gasteiger partial charge is 0.248 e. The molecule has 0 saturated carbocycles. The van der Waals surface area contributed by atoms with Gasteiger partial charge in [-0.15, -0.1) is 0 Å². The zero-order valence-electron chi connectivity index (χ0n) is 12.5. The molecule has 1 aliphatic heterocycles. The number of rotatable bonds is 5. The van der Waals surface area contributed by atoms with Gasteiger partial charge >= 0.3 is 0 Å². The molecule has 122 valence electrons. The van der Waals surface area contributed by atoms with E-state index in [-0.39, 0.29) is 16.4 Å². The molecule has 8 heteroatoms. The van der Waals surface area contributed by atoms with Gasteiger partial charge in [-0.2, -0.15) is 0 Å². The normalized spacial score (nSPS) is 17.7. The van der Waals surface area contributed by atoms with Gasteiger partial charge in [-0.25, -0.2) is 18.1 Å². The predicted molar refractivity (Wildman–Crippen MR) is 84.2 cm³/mol. The number of hydrogen-bond donors (Lipinski definition) is 2. The highest BCUT2D eigenvalue weighted by atomic mass is 32.2. The number of aromatic nitrogens is 2. The van der Waals surface area contributed by atoms with Gasteiger partial charge in [0.1, 0.15) is 5.82 Å². The van der Waals surface area contributed by atoms with Gasteiger partial charge in [0.2, 0.25) is 15.9 Å². The Morgan fingerprint density at radius 3 is 3.04 bits per heavy atom. The number of amides is 1. The van der Waals surface area contributed by atoms with Crippen molar-refractivity contribution in [1.82, 2.24) is 14.3 Å². The molecule has 0 spiro atoms. The maximum atomic E-state index is 12.4. The quantitative estimate of drug-likeness (QED) is 0.831. The molecule has 1 aliphatic rings. The number of nitrogens with zero attached hydrogens (tertiary/aromatic N) is 2. The van der Waals surface area contributed by atoms with E-state index in [1.165, 1.54) is 24.3 Å². The minimum atomic E-state index is -3.66. The summed E-state index contributed by atoms with van der Waals surface area (Å²) in [7, 11) is -3.66. The number of sulfonamides is 1. The summed E-state index contributed by atoms with van der Waals surface area (Å²) in [6.07, 6.45) is 5.34. The van der Waals surface area contributed by atoms with Gasteiger partial charge in [0.25, 0.3) is 0 Å². The lowest BCUT2D eigenvalue weighted by atomic mass is 9.98. The second-order valence-corrected chi connectivity index (χ2v) is 7.41. The highest BCUT2D eigenvalue weighted by molar-refractivity contribution is 7.89. The largest absolute Gasteiger partial charge is 0.366 e. The van der Waals surface area contributed by atoms with Gasteiger partial charge in [-0.3, -0.25) is 4.79 Å². The summed E-state index contributed by atoms with van der Waals surface area (Å²) < 4.78 is 29.4. The van der Waals surface area contributed by atoms with Crippen LogP contribution in [0.5, 0.6) is 0 Å². The van der Waals surface area contributed by atoms with E-state index in [4.69, 9.17) is 5.73 Å². The monoisotopic (exact) mass is 334 g/mol. The predicted octanol–water partition coefficient (Wildman–Crippen LogP) is 0.523. The van der Waals surface area contributed by atoms with E-state index in [1.807, 2.05) is 6.20 Å². The second kappa shape index (κ2) is 6.13. The number of benzene rings is 1. The minimum Gasteiger partial charge on any atom is -0.366 e. The molecule has 1 atom stereocenters. The lowest BCUT2D eigenvalue weighted by Crippen LogP contribution is -2.33. The first-order chi connectivity index (χ1) is 11.0. The van der Waals surface area contributed by atoms with Crippen LogP contribution in [0.1, 0.15) is 22.6 Å². The number of fused-ring (bicyclic) bond motifs is 1. The summed E-state index contributed by atoms with van der Waals surface area (Å²) in [5.41, 5.74) is 5.36. The third-order valence-electron chi connectivity index (χ3n) is 4.04. The van der Waals surface area contributed by atoms with Crippen LogP contribution < -0.4 is 10.5 Å². The molecule has 7 nitrogen and oxygen atoms in total. The van der Waals surface area contributed by atoms with Crippen LogP contribution in [0.15, 0.2) is 41.6 Å². The number of nitrogens with two attached hydrogens (primary N) is 1. The van der Waals surface area contributed by atoms with Crippen LogP contribution in [0.25, 0.3) is 0 Å². The van der Waals surface area contributed by atoms with E-state index in [2.05, 4.69) is 14.3 Å². The molecule has 2 heterocycles. The highest BCUT2D eigenvalue weighted by Crippen LogP contribution is 2.19. The number of primary amides is 1. The molecule has 3 N–H and O–H groups in total. The van der Waals surface area contributed by atoms with Crippen LogP contribution in [-0.2, 0) is 23.0 Å². The van der Waals surface area contributed by atoms with Crippen LogP contribution in [-0.4, -0.2) is 30.4 Å². The van der Waals surface area contributed by atoms with Crippen molar-refractivity contribution in [2.75, 3.05) is 6.54 Å². The Balaban J connectivity index is 1.68. The van der Waals surface area contributed by atoms with E-state index in [9.17, 15) is 13.2 Å². The Morgan fingerprint density at radius 2 is 2.26 bits per heavy atom. The molecule has 0 saturated heterocycles. The van der Waals surface area contributed by atoms with E-state index < -0.39 is 15.9 Å². The molecule has 1 aromatic heterocycles. The van der Waals surface area contributed by atoms with Crippen molar-refractivity contribution >= 4 is 15.9 Å². The van der Waals surface area contributed by atoms with E-state index in [1.54, 1.807) is 6.20 Å². The number of carbonyl (C=O) groups is 1. The summed E-state index contributed by atoms with van der Waals surface area (Å²) in [5, 5.41) is 0. The van der Waals surface area contributed by atoms with Crippen LogP contribution in [0.4, 0.5) is 0 Å². The molecule has 2 aromatic rings. The molecule has 0 aliphatic carbocycles. The zero-order chi connectivity index (χ0) is 16.4. The molecule has 0 radical (unpaired) electrons. The summed E-state index contributed by atoms with van der Waals surface area (Å²) in [6, 6.07) is 5.73. The Morgan fingerprint density at radius 1 is 1.43 bits per heavy atom. The fourth-order valence-corrected chi connectivity index (χ4v) is 3.88. The Bertz CT molecular complexity index is 829. The summed E-state index contributed by atoms with van der Waals surface area (Å²) >= 11 is 0. The van der Waals surface area contributed by atoms with Crippen molar-refractivity contribution in [3.63, 3.8) is 0 Å². The molecule has 1 amide bonds. The van der Waals surface area contributed by atoms with E-state index >= 15 is 0 Å². The highest BCUT2D eigenvalue weighted by Gasteiger charge is 2.22. The van der Waals surface area contributed by atoms with Crippen molar-refractivity contribution in [3.05, 3.63) is 48.0 Å². The topological polar surface area (TPSA) is 107 Å². The third kappa shape index (κ3) is 3.43.